The van der Waals surface area contributed by atoms with Crippen LogP contribution in [-0.4, -0.2) is 41.9 Å². The Morgan fingerprint density at radius 2 is 2.00 bits per heavy atom. The molecular weight excluding hydrogens is 270 g/mol. The highest BCUT2D eigenvalue weighted by atomic mass is 32.2. The van der Waals surface area contributed by atoms with Gasteiger partial charge in [0.15, 0.2) is 0 Å². The highest BCUT2D eigenvalue weighted by Crippen LogP contribution is 2.11. The van der Waals surface area contributed by atoms with Gasteiger partial charge in [-0.3, -0.25) is 4.79 Å². The molecular formula is C15H19N3OS. The number of anilines is 1. The number of carbonyl (C=O) groups is 1. The van der Waals surface area contributed by atoms with E-state index in [1.54, 1.807) is 24.3 Å². The number of amides is 1. The first kappa shape index (κ1) is 14.9. The van der Waals surface area contributed by atoms with Crippen molar-refractivity contribution in [1.82, 2.24) is 4.90 Å². The van der Waals surface area contributed by atoms with E-state index in [9.17, 15) is 4.79 Å². The third-order valence-electron chi connectivity index (χ3n) is 3.28. The van der Waals surface area contributed by atoms with Crippen LogP contribution in [0.15, 0.2) is 24.3 Å². The lowest BCUT2D eigenvalue weighted by atomic mass is 10.2. The first-order valence-electron chi connectivity index (χ1n) is 6.88. The van der Waals surface area contributed by atoms with Crippen molar-refractivity contribution >= 4 is 23.4 Å². The summed E-state index contributed by atoms with van der Waals surface area (Å²) in [5.41, 5.74) is 1.36. The lowest BCUT2D eigenvalue weighted by molar-refractivity contribution is -0.116. The van der Waals surface area contributed by atoms with E-state index >= 15 is 0 Å². The molecule has 0 unspecified atom stereocenters. The zero-order valence-corrected chi connectivity index (χ0v) is 12.3. The van der Waals surface area contributed by atoms with Crippen LogP contribution in [0.5, 0.6) is 0 Å². The topological polar surface area (TPSA) is 56.1 Å². The molecule has 0 atom stereocenters. The Kier molecular flexibility index (Phi) is 5.90. The van der Waals surface area contributed by atoms with Crippen molar-refractivity contribution in [3.05, 3.63) is 29.8 Å². The Hall–Kier alpha value is -1.51. The van der Waals surface area contributed by atoms with Crippen LogP contribution in [0.4, 0.5) is 5.69 Å². The Morgan fingerprint density at radius 1 is 1.30 bits per heavy atom. The Bertz CT molecular complexity index is 475. The number of benzene rings is 1. The van der Waals surface area contributed by atoms with Crippen LogP contribution >= 0.6 is 11.8 Å². The zero-order chi connectivity index (χ0) is 14.2. The molecule has 1 fully saturated rings. The number of hydrogen-bond acceptors (Lipinski definition) is 4. The number of carbonyl (C=O) groups excluding carboxylic acids is 1. The molecule has 0 aromatic heterocycles. The highest BCUT2D eigenvalue weighted by Gasteiger charge is 2.10. The fraction of sp³-hybridized carbons (Fsp3) is 0.467. The average molecular weight is 289 g/mol. The van der Waals surface area contributed by atoms with E-state index in [-0.39, 0.29) is 5.91 Å². The van der Waals surface area contributed by atoms with E-state index in [1.165, 1.54) is 11.5 Å². The molecule has 1 aromatic rings. The minimum atomic E-state index is 0.0427. The van der Waals surface area contributed by atoms with Gasteiger partial charge in [0.1, 0.15) is 0 Å². The fourth-order valence-electron chi connectivity index (χ4n) is 2.14. The summed E-state index contributed by atoms with van der Waals surface area (Å²) in [6, 6.07) is 9.00. The Morgan fingerprint density at radius 3 is 2.65 bits per heavy atom. The van der Waals surface area contributed by atoms with E-state index in [1.807, 2.05) is 11.8 Å². The molecule has 5 heteroatoms. The summed E-state index contributed by atoms with van der Waals surface area (Å²) >= 11 is 2.00. The smallest absolute Gasteiger partial charge is 0.224 e. The lowest BCUT2D eigenvalue weighted by Crippen LogP contribution is -2.33. The van der Waals surface area contributed by atoms with Crippen LogP contribution in [0.3, 0.4) is 0 Å². The van der Waals surface area contributed by atoms with Crippen LogP contribution in [0, 0.1) is 11.3 Å². The van der Waals surface area contributed by atoms with Gasteiger partial charge in [-0.15, -0.1) is 0 Å². The molecule has 1 aliphatic heterocycles. The molecule has 1 N–H and O–H groups in total. The molecule has 1 heterocycles. The van der Waals surface area contributed by atoms with E-state index in [0.29, 0.717) is 12.0 Å². The molecule has 106 valence electrons. The van der Waals surface area contributed by atoms with E-state index < -0.39 is 0 Å². The van der Waals surface area contributed by atoms with Gasteiger partial charge >= 0.3 is 0 Å². The first-order valence-corrected chi connectivity index (χ1v) is 8.03. The molecule has 1 amide bonds. The average Bonchev–Trinajstić information content (AvgIpc) is 2.49. The predicted molar refractivity (Wildman–Crippen MR) is 82.8 cm³/mol. The summed E-state index contributed by atoms with van der Waals surface area (Å²) in [5, 5.41) is 11.6. The normalized spacial score (nSPS) is 15.6. The predicted octanol–water partition coefficient (Wildman–Crippen LogP) is 2.33. The van der Waals surface area contributed by atoms with Gasteiger partial charge in [0.25, 0.3) is 0 Å². The van der Waals surface area contributed by atoms with Gasteiger partial charge in [-0.1, -0.05) is 0 Å². The maximum Gasteiger partial charge on any atom is 0.224 e. The van der Waals surface area contributed by atoms with Crippen molar-refractivity contribution in [1.29, 1.82) is 5.26 Å². The third-order valence-corrected chi connectivity index (χ3v) is 4.22. The van der Waals surface area contributed by atoms with E-state index in [2.05, 4.69) is 16.3 Å². The standard InChI is InChI=1S/C15H19N3OS/c16-12-13-3-5-14(6-4-13)17-15(19)2-1-7-18-8-10-20-11-9-18/h3-6H,1-2,7-11H2,(H,17,19). The van der Waals surface area contributed by atoms with Crippen molar-refractivity contribution in [2.45, 2.75) is 12.8 Å². The molecule has 0 bridgehead atoms. The van der Waals surface area contributed by atoms with E-state index in [0.717, 1.165) is 31.7 Å². The highest BCUT2D eigenvalue weighted by molar-refractivity contribution is 7.99. The van der Waals surface area contributed by atoms with Gasteiger partial charge in [0.05, 0.1) is 11.6 Å². The van der Waals surface area contributed by atoms with Gasteiger partial charge in [0, 0.05) is 36.7 Å². The number of rotatable bonds is 5. The molecule has 0 aliphatic carbocycles. The van der Waals surface area contributed by atoms with Gasteiger partial charge in [0.2, 0.25) is 5.91 Å². The number of nitrogens with one attached hydrogen (secondary N) is 1. The van der Waals surface area contributed by atoms with Gasteiger partial charge in [-0.05, 0) is 37.2 Å². The number of hydrogen-bond donors (Lipinski definition) is 1. The molecule has 1 saturated heterocycles. The van der Waals surface area contributed by atoms with Crippen LogP contribution in [0.2, 0.25) is 0 Å². The summed E-state index contributed by atoms with van der Waals surface area (Å²) in [6.07, 6.45) is 1.44. The van der Waals surface area contributed by atoms with Crippen molar-refractivity contribution in [2.75, 3.05) is 36.5 Å². The summed E-state index contributed by atoms with van der Waals surface area (Å²) < 4.78 is 0. The number of thioether (sulfide) groups is 1. The van der Waals surface area contributed by atoms with Crippen LogP contribution in [-0.2, 0) is 4.79 Å². The van der Waals surface area contributed by atoms with Gasteiger partial charge in [-0.2, -0.15) is 17.0 Å². The first-order chi connectivity index (χ1) is 9.78. The van der Waals surface area contributed by atoms with Crippen molar-refractivity contribution < 1.29 is 4.79 Å². The monoisotopic (exact) mass is 289 g/mol. The van der Waals surface area contributed by atoms with Crippen molar-refractivity contribution in [2.24, 2.45) is 0 Å². The molecule has 2 rings (SSSR count). The SMILES string of the molecule is N#Cc1ccc(NC(=O)CCCN2CCSCC2)cc1. The fourth-order valence-corrected chi connectivity index (χ4v) is 3.12. The maximum atomic E-state index is 11.8. The molecule has 1 aliphatic rings. The lowest BCUT2D eigenvalue weighted by Gasteiger charge is -2.25. The number of nitriles is 1. The summed E-state index contributed by atoms with van der Waals surface area (Å²) in [5.74, 6) is 2.45. The van der Waals surface area contributed by atoms with Gasteiger partial charge < -0.3 is 10.2 Å². The second-order valence-corrected chi connectivity index (χ2v) is 6.02. The summed E-state index contributed by atoms with van der Waals surface area (Å²) in [7, 11) is 0. The minimum absolute atomic E-state index is 0.0427. The van der Waals surface area contributed by atoms with Crippen LogP contribution in [0.25, 0.3) is 0 Å². The largest absolute Gasteiger partial charge is 0.326 e. The molecule has 20 heavy (non-hydrogen) atoms. The minimum Gasteiger partial charge on any atom is -0.326 e. The summed E-state index contributed by atoms with van der Waals surface area (Å²) in [4.78, 5) is 14.2. The second kappa shape index (κ2) is 7.93. The third kappa shape index (κ3) is 4.87. The zero-order valence-electron chi connectivity index (χ0n) is 11.5. The number of nitrogens with zero attached hydrogens (tertiary/aromatic N) is 2. The molecule has 0 radical (unpaired) electrons. The molecule has 0 spiro atoms. The van der Waals surface area contributed by atoms with E-state index in [4.69, 9.17) is 5.26 Å². The molecule has 4 nitrogen and oxygen atoms in total. The van der Waals surface area contributed by atoms with Crippen molar-refractivity contribution in [3.63, 3.8) is 0 Å². The van der Waals surface area contributed by atoms with Crippen LogP contribution in [0.1, 0.15) is 18.4 Å². The van der Waals surface area contributed by atoms with Gasteiger partial charge in [-0.25, -0.2) is 0 Å². The Labute approximate surface area is 124 Å². The Balaban J connectivity index is 1.68. The molecule has 1 aromatic carbocycles. The quantitative estimate of drug-likeness (QED) is 0.904. The summed E-state index contributed by atoms with van der Waals surface area (Å²) in [6.45, 7) is 3.28. The van der Waals surface area contributed by atoms with Crippen LogP contribution < -0.4 is 5.32 Å². The maximum absolute atomic E-state index is 11.8. The molecule has 0 saturated carbocycles. The van der Waals surface area contributed by atoms with Crippen molar-refractivity contribution in [3.8, 4) is 6.07 Å². The second-order valence-electron chi connectivity index (χ2n) is 4.79.